The van der Waals surface area contributed by atoms with E-state index in [1.165, 1.54) is 37.3 Å². The van der Waals surface area contributed by atoms with Gasteiger partial charge in [0.2, 0.25) is 17.4 Å². The molecular weight excluding hydrogens is 300 g/mol. The summed E-state index contributed by atoms with van der Waals surface area (Å²) in [6, 6.07) is 5.52. The molecule has 22 heavy (non-hydrogen) atoms. The van der Waals surface area contributed by atoms with Crippen molar-refractivity contribution in [3.63, 3.8) is 0 Å². The average Bonchev–Trinajstić information content (AvgIpc) is 2.54. The van der Waals surface area contributed by atoms with Gasteiger partial charge in [-0.25, -0.2) is 8.78 Å². The van der Waals surface area contributed by atoms with E-state index in [1.807, 2.05) is 0 Å². The zero-order valence-corrected chi connectivity index (χ0v) is 11.4. The van der Waals surface area contributed by atoms with Crippen LogP contribution >= 0.6 is 0 Å². The molecule has 0 aliphatic rings. The van der Waals surface area contributed by atoms with E-state index in [2.05, 4.69) is 0 Å². The number of para-hydroxylation sites is 1. The van der Waals surface area contributed by atoms with Crippen LogP contribution in [0, 0.1) is 23.3 Å². The van der Waals surface area contributed by atoms with Gasteiger partial charge >= 0.3 is 0 Å². The van der Waals surface area contributed by atoms with E-state index in [9.17, 15) is 22.4 Å². The summed E-state index contributed by atoms with van der Waals surface area (Å²) in [6.07, 6.45) is 2.54. The maximum absolute atomic E-state index is 13.9. The molecule has 0 aliphatic carbocycles. The van der Waals surface area contributed by atoms with Crippen molar-refractivity contribution in [2.24, 2.45) is 0 Å². The largest absolute Gasteiger partial charge is 0.450 e. The standard InChI is InChI=1S/C16H10F4O2/c1-2-5-10-12(17)14(19)16(15(20)13(10)18)22-11-7-4-3-6-9(11)8-21/h2-8H,1H3/b5-2+. The predicted molar refractivity (Wildman–Crippen MR) is 72.9 cm³/mol. The van der Waals surface area contributed by atoms with E-state index < -0.39 is 34.6 Å². The molecule has 2 aromatic carbocycles. The highest BCUT2D eigenvalue weighted by molar-refractivity contribution is 5.79. The smallest absolute Gasteiger partial charge is 0.205 e. The molecule has 0 aromatic heterocycles. The molecule has 0 saturated carbocycles. The molecule has 0 bridgehead atoms. The van der Waals surface area contributed by atoms with Crippen molar-refractivity contribution in [3.05, 3.63) is 64.7 Å². The van der Waals surface area contributed by atoms with Gasteiger partial charge < -0.3 is 4.74 Å². The van der Waals surface area contributed by atoms with Gasteiger partial charge in [0.15, 0.2) is 17.9 Å². The molecule has 2 rings (SSSR count). The van der Waals surface area contributed by atoms with Crippen molar-refractivity contribution in [1.82, 2.24) is 0 Å². The first-order valence-electron chi connectivity index (χ1n) is 6.22. The Kier molecular flexibility index (Phi) is 4.60. The number of hydrogen-bond acceptors (Lipinski definition) is 2. The summed E-state index contributed by atoms with van der Waals surface area (Å²) in [7, 11) is 0. The zero-order valence-electron chi connectivity index (χ0n) is 11.4. The number of benzene rings is 2. The molecule has 0 radical (unpaired) electrons. The molecule has 0 N–H and O–H groups in total. The van der Waals surface area contributed by atoms with Crippen LogP contribution in [-0.2, 0) is 0 Å². The minimum absolute atomic E-state index is 0.0142. The van der Waals surface area contributed by atoms with Crippen molar-refractivity contribution in [3.8, 4) is 11.5 Å². The third-order valence-electron chi connectivity index (χ3n) is 2.85. The first-order valence-corrected chi connectivity index (χ1v) is 6.22. The number of carbonyl (C=O) groups excluding carboxylic acids is 1. The first kappa shape index (κ1) is 15.8. The van der Waals surface area contributed by atoms with Crippen molar-refractivity contribution >= 4 is 12.4 Å². The lowest BCUT2D eigenvalue weighted by atomic mass is 10.1. The summed E-state index contributed by atoms with van der Waals surface area (Å²) in [5, 5.41) is 0. The van der Waals surface area contributed by atoms with Crippen LogP contribution in [-0.4, -0.2) is 6.29 Å². The number of hydrogen-bond donors (Lipinski definition) is 0. The van der Waals surface area contributed by atoms with Crippen LogP contribution in [0.15, 0.2) is 30.3 Å². The molecule has 2 aromatic rings. The predicted octanol–water partition coefficient (Wildman–Crippen LogP) is 4.88. The number of ether oxygens (including phenoxy) is 1. The fraction of sp³-hybridized carbons (Fsp3) is 0.0625. The second-order valence-electron chi connectivity index (χ2n) is 4.26. The van der Waals surface area contributed by atoms with E-state index >= 15 is 0 Å². The fourth-order valence-corrected chi connectivity index (χ4v) is 1.81. The monoisotopic (exact) mass is 310 g/mol. The molecule has 0 amide bonds. The Labute approximate surface area is 123 Å². The Morgan fingerprint density at radius 2 is 1.55 bits per heavy atom. The van der Waals surface area contributed by atoms with Gasteiger partial charge in [-0.3, -0.25) is 4.79 Å². The molecule has 6 heteroatoms. The lowest BCUT2D eigenvalue weighted by Gasteiger charge is -2.12. The number of halogens is 4. The van der Waals surface area contributed by atoms with Crippen molar-refractivity contribution in [1.29, 1.82) is 0 Å². The van der Waals surface area contributed by atoms with Crippen molar-refractivity contribution in [2.45, 2.75) is 6.92 Å². The van der Waals surface area contributed by atoms with Crippen LogP contribution in [0.1, 0.15) is 22.8 Å². The maximum atomic E-state index is 13.9. The maximum Gasteiger partial charge on any atom is 0.205 e. The Hall–Kier alpha value is -2.63. The Bertz CT molecular complexity index is 725. The average molecular weight is 310 g/mol. The van der Waals surface area contributed by atoms with Crippen molar-refractivity contribution in [2.75, 3.05) is 0 Å². The van der Waals surface area contributed by atoms with Gasteiger partial charge in [0.05, 0.1) is 11.1 Å². The topological polar surface area (TPSA) is 26.3 Å². The van der Waals surface area contributed by atoms with Gasteiger partial charge in [-0.2, -0.15) is 8.78 Å². The first-order chi connectivity index (χ1) is 10.5. The molecule has 0 saturated heterocycles. The van der Waals surface area contributed by atoms with Crippen LogP contribution in [0.25, 0.3) is 6.08 Å². The fourth-order valence-electron chi connectivity index (χ4n) is 1.81. The lowest BCUT2D eigenvalue weighted by molar-refractivity contribution is 0.112. The van der Waals surface area contributed by atoms with Crippen LogP contribution in [0.3, 0.4) is 0 Å². The second-order valence-corrected chi connectivity index (χ2v) is 4.26. The molecule has 0 aliphatic heterocycles. The SMILES string of the molecule is C/C=C/c1c(F)c(F)c(Oc2ccccc2C=O)c(F)c1F. The Morgan fingerprint density at radius 1 is 0.955 bits per heavy atom. The van der Waals surface area contributed by atoms with Gasteiger partial charge in [-0.15, -0.1) is 0 Å². The van der Waals surface area contributed by atoms with E-state index in [0.717, 1.165) is 6.08 Å². The third kappa shape index (κ3) is 2.72. The third-order valence-corrected chi connectivity index (χ3v) is 2.85. The highest BCUT2D eigenvalue weighted by atomic mass is 19.2. The normalized spacial score (nSPS) is 11.0. The van der Waals surface area contributed by atoms with Crippen LogP contribution < -0.4 is 4.74 Å². The second kappa shape index (κ2) is 6.43. The summed E-state index contributed by atoms with van der Waals surface area (Å²) in [4.78, 5) is 10.8. The summed E-state index contributed by atoms with van der Waals surface area (Å²) in [5.74, 6) is -7.95. The molecule has 0 heterocycles. The van der Waals surface area contributed by atoms with Crippen molar-refractivity contribution < 1.29 is 27.1 Å². The minimum Gasteiger partial charge on any atom is -0.450 e. The molecule has 2 nitrogen and oxygen atoms in total. The highest BCUT2D eigenvalue weighted by Crippen LogP contribution is 2.34. The number of aldehydes is 1. The van der Waals surface area contributed by atoms with E-state index in [1.54, 1.807) is 0 Å². The van der Waals surface area contributed by atoms with E-state index in [4.69, 9.17) is 4.74 Å². The van der Waals surface area contributed by atoms with Gasteiger partial charge in [0, 0.05) is 0 Å². The summed E-state index contributed by atoms with van der Waals surface area (Å²) in [6.45, 7) is 1.44. The Morgan fingerprint density at radius 3 is 2.09 bits per heavy atom. The van der Waals surface area contributed by atoms with E-state index in [0.29, 0.717) is 6.29 Å². The van der Waals surface area contributed by atoms with Gasteiger partial charge in [0.25, 0.3) is 0 Å². The van der Waals surface area contributed by atoms with Gasteiger partial charge in [0.1, 0.15) is 5.75 Å². The molecule has 114 valence electrons. The molecule has 0 fully saturated rings. The molecule has 0 atom stereocenters. The van der Waals surface area contributed by atoms with Crippen LogP contribution in [0.5, 0.6) is 11.5 Å². The summed E-state index contributed by atoms with van der Waals surface area (Å²) in [5.41, 5.74) is -0.854. The number of carbonyl (C=O) groups is 1. The molecule has 0 unspecified atom stereocenters. The van der Waals surface area contributed by atoms with E-state index in [-0.39, 0.29) is 11.3 Å². The quantitative estimate of drug-likeness (QED) is 0.457. The molecule has 0 spiro atoms. The van der Waals surface area contributed by atoms with Crippen LogP contribution in [0.4, 0.5) is 17.6 Å². The lowest BCUT2D eigenvalue weighted by Crippen LogP contribution is -2.04. The Balaban J connectivity index is 2.60. The minimum atomic E-state index is -1.67. The summed E-state index contributed by atoms with van der Waals surface area (Å²) >= 11 is 0. The number of rotatable bonds is 4. The molecular formula is C16H10F4O2. The number of allylic oxidation sites excluding steroid dienone is 1. The van der Waals surface area contributed by atoms with Crippen LogP contribution in [0.2, 0.25) is 0 Å². The van der Waals surface area contributed by atoms with Gasteiger partial charge in [-0.05, 0) is 19.1 Å². The zero-order chi connectivity index (χ0) is 16.3. The highest BCUT2D eigenvalue weighted by Gasteiger charge is 2.26. The van der Waals surface area contributed by atoms with Gasteiger partial charge in [-0.1, -0.05) is 24.3 Å². The summed E-state index contributed by atoms with van der Waals surface area (Å²) < 4.78 is 60.3.